The van der Waals surface area contributed by atoms with Gasteiger partial charge in [-0.25, -0.2) is 4.99 Å². The van der Waals surface area contributed by atoms with Crippen LogP contribution in [0.5, 0.6) is 11.5 Å². The maximum absolute atomic E-state index is 13.4. The third-order valence-electron chi connectivity index (χ3n) is 5.63. The molecule has 190 valence electrons. The largest absolute Gasteiger partial charge is 0.454 e. The molecular formula is C26H29N3O6S. The van der Waals surface area contributed by atoms with Gasteiger partial charge < -0.3 is 23.8 Å². The Morgan fingerprint density at radius 3 is 2.47 bits per heavy atom. The Kier molecular flexibility index (Phi) is 8.63. The lowest BCUT2D eigenvalue weighted by Gasteiger charge is -2.23. The van der Waals surface area contributed by atoms with E-state index in [9.17, 15) is 9.59 Å². The van der Waals surface area contributed by atoms with Crippen LogP contribution in [0.15, 0.2) is 53.2 Å². The smallest absolute Gasteiger partial charge is 0.283 e. The number of amidine groups is 1. The van der Waals surface area contributed by atoms with E-state index in [0.717, 1.165) is 11.1 Å². The molecule has 0 spiro atoms. The number of fused-ring (bicyclic) bond motifs is 1. The first kappa shape index (κ1) is 25.7. The number of aliphatic imine (C=N–C) groups is 1. The minimum absolute atomic E-state index is 0.0821. The quantitative estimate of drug-likeness (QED) is 0.452. The number of rotatable bonds is 10. The average Bonchev–Trinajstić information content (AvgIpc) is 3.47. The number of benzene rings is 2. The van der Waals surface area contributed by atoms with Crippen LogP contribution in [0.3, 0.4) is 0 Å². The molecule has 4 rings (SSSR count). The van der Waals surface area contributed by atoms with Gasteiger partial charge in [-0.3, -0.25) is 14.5 Å². The van der Waals surface area contributed by atoms with Crippen molar-refractivity contribution < 1.29 is 28.5 Å². The van der Waals surface area contributed by atoms with Crippen LogP contribution in [-0.4, -0.2) is 75.0 Å². The molecule has 2 aliphatic heterocycles. The summed E-state index contributed by atoms with van der Waals surface area (Å²) in [5.41, 5.74) is 2.81. The van der Waals surface area contributed by atoms with Crippen molar-refractivity contribution in [1.29, 1.82) is 0 Å². The van der Waals surface area contributed by atoms with E-state index in [0.29, 0.717) is 48.7 Å². The summed E-state index contributed by atoms with van der Waals surface area (Å²) in [6, 6.07) is 13.1. The minimum atomic E-state index is -0.262. The van der Waals surface area contributed by atoms with Gasteiger partial charge in [0.05, 0.1) is 24.7 Å². The van der Waals surface area contributed by atoms with Gasteiger partial charge in [0.1, 0.15) is 5.70 Å². The summed E-state index contributed by atoms with van der Waals surface area (Å²) in [4.78, 5) is 34.3. The van der Waals surface area contributed by atoms with Gasteiger partial charge in [0.15, 0.2) is 16.7 Å². The van der Waals surface area contributed by atoms with Crippen LogP contribution < -0.4 is 14.4 Å². The highest BCUT2D eigenvalue weighted by molar-refractivity contribution is 8.14. The van der Waals surface area contributed by atoms with Crippen molar-refractivity contribution in [3.8, 4) is 11.5 Å². The van der Waals surface area contributed by atoms with E-state index in [1.165, 1.54) is 11.8 Å². The van der Waals surface area contributed by atoms with Gasteiger partial charge in [-0.2, -0.15) is 0 Å². The van der Waals surface area contributed by atoms with Gasteiger partial charge in [0, 0.05) is 27.3 Å². The molecule has 0 unspecified atom stereocenters. The first-order valence-corrected chi connectivity index (χ1v) is 12.5. The first-order valence-electron chi connectivity index (χ1n) is 11.5. The highest BCUT2D eigenvalue weighted by Crippen LogP contribution is 2.34. The predicted molar refractivity (Wildman–Crippen MR) is 139 cm³/mol. The van der Waals surface area contributed by atoms with E-state index in [1.54, 1.807) is 36.2 Å². The molecule has 10 heteroatoms. The lowest BCUT2D eigenvalue weighted by Crippen LogP contribution is -2.38. The number of methoxy groups -OCH3 is 2. The van der Waals surface area contributed by atoms with E-state index in [4.69, 9.17) is 18.9 Å². The maximum Gasteiger partial charge on any atom is 0.283 e. The number of hydrogen-bond acceptors (Lipinski definition) is 8. The van der Waals surface area contributed by atoms with Crippen molar-refractivity contribution in [2.45, 2.75) is 6.92 Å². The van der Waals surface area contributed by atoms with Crippen LogP contribution in [0.4, 0.5) is 5.69 Å². The van der Waals surface area contributed by atoms with Crippen LogP contribution in [0.1, 0.15) is 11.1 Å². The summed E-state index contributed by atoms with van der Waals surface area (Å²) < 4.78 is 21.1. The number of aryl methyl sites for hydroxylation is 1. The highest BCUT2D eigenvalue weighted by Gasteiger charge is 2.33. The molecule has 0 aliphatic carbocycles. The van der Waals surface area contributed by atoms with Crippen molar-refractivity contribution in [2.75, 3.05) is 58.0 Å². The number of anilines is 1. The van der Waals surface area contributed by atoms with Crippen molar-refractivity contribution >= 4 is 40.5 Å². The summed E-state index contributed by atoms with van der Waals surface area (Å²) in [6.45, 7) is 3.93. The van der Waals surface area contributed by atoms with Crippen LogP contribution >= 0.6 is 11.8 Å². The summed E-state index contributed by atoms with van der Waals surface area (Å²) >= 11 is 1.23. The second-order valence-corrected chi connectivity index (χ2v) is 9.11. The summed E-state index contributed by atoms with van der Waals surface area (Å²) in [7, 11) is 3.19. The molecule has 0 aromatic heterocycles. The number of carbonyl (C=O) groups is 2. The molecule has 0 saturated carbocycles. The standard InChI is InChI=1S/C26H29N3O6S/c1-18-4-7-20(8-5-18)29-25(31)21(14-19-6-9-22-23(15-19)35-17-34-22)27-26(29)36-16-24(30)28(10-12-32-2)11-13-33-3/h4-9,14-15H,10-13,16-17H2,1-3H3/b21-14-. The molecule has 2 aromatic carbocycles. The predicted octanol–water partition coefficient (Wildman–Crippen LogP) is 3.32. The number of amides is 2. The van der Waals surface area contributed by atoms with E-state index < -0.39 is 0 Å². The Labute approximate surface area is 214 Å². The van der Waals surface area contributed by atoms with Crippen molar-refractivity contribution in [3.05, 3.63) is 59.3 Å². The third kappa shape index (κ3) is 6.07. The number of hydrogen-bond donors (Lipinski definition) is 0. The molecule has 0 fully saturated rings. The van der Waals surface area contributed by atoms with Crippen molar-refractivity contribution in [1.82, 2.24) is 4.90 Å². The fraction of sp³-hybridized carbons (Fsp3) is 0.346. The molecule has 0 N–H and O–H groups in total. The van der Waals surface area contributed by atoms with Gasteiger partial charge in [0.25, 0.3) is 5.91 Å². The lowest BCUT2D eigenvalue weighted by atomic mass is 10.1. The Hall–Kier alpha value is -3.34. The average molecular weight is 512 g/mol. The summed E-state index contributed by atoms with van der Waals surface area (Å²) in [6.07, 6.45) is 1.71. The van der Waals surface area contributed by atoms with Gasteiger partial charge in [0.2, 0.25) is 12.7 Å². The zero-order chi connectivity index (χ0) is 25.5. The molecular weight excluding hydrogens is 482 g/mol. The minimum Gasteiger partial charge on any atom is -0.454 e. The molecule has 0 radical (unpaired) electrons. The second kappa shape index (κ2) is 12.1. The zero-order valence-electron chi connectivity index (χ0n) is 20.6. The van der Waals surface area contributed by atoms with E-state index in [1.807, 2.05) is 43.3 Å². The monoisotopic (exact) mass is 511 g/mol. The lowest BCUT2D eigenvalue weighted by molar-refractivity contribution is -0.129. The van der Waals surface area contributed by atoms with Crippen LogP contribution in [0.2, 0.25) is 0 Å². The zero-order valence-corrected chi connectivity index (χ0v) is 21.4. The van der Waals surface area contributed by atoms with Crippen LogP contribution in [0, 0.1) is 6.92 Å². The van der Waals surface area contributed by atoms with Crippen molar-refractivity contribution in [2.24, 2.45) is 4.99 Å². The SMILES string of the molecule is COCCN(CCOC)C(=O)CSC1=N/C(=C\c2ccc3c(c2)OCO3)C(=O)N1c1ccc(C)cc1. The van der Waals surface area contributed by atoms with Crippen LogP contribution in [0.25, 0.3) is 6.08 Å². The number of thioether (sulfide) groups is 1. The maximum atomic E-state index is 13.4. The fourth-order valence-electron chi connectivity index (χ4n) is 3.66. The first-order chi connectivity index (χ1) is 17.5. The summed E-state index contributed by atoms with van der Waals surface area (Å²) in [5, 5.41) is 0.447. The number of carbonyl (C=O) groups excluding carboxylic acids is 2. The molecule has 2 aliphatic rings. The second-order valence-electron chi connectivity index (χ2n) is 8.17. The molecule has 36 heavy (non-hydrogen) atoms. The third-order valence-corrected chi connectivity index (χ3v) is 6.55. The Morgan fingerprint density at radius 2 is 1.78 bits per heavy atom. The Balaban J connectivity index is 1.57. The molecule has 2 heterocycles. The fourth-order valence-corrected chi connectivity index (χ4v) is 4.57. The highest BCUT2D eigenvalue weighted by atomic mass is 32.2. The molecule has 0 bridgehead atoms. The van der Waals surface area contributed by atoms with Gasteiger partial charge in [-0.1, -0.05) is 35.5 Å². The molecule has 0 atom stereocenters. The van der Waals surface area contributed by atoms with Gasteiger partial charge in [-0.05, 0) is 42.8 Å². The molecule has 0 saturated heterocycles. The molecule has 2 aromatic rings. The normalized spacial score (nSPS) is 15.5. The van der Waals surface area contributed by atoms with E-state index in [2.05, 4.69) is 4.99 Å². The summed E-state index contributed by atoms with van der Waals surface area (Å²) in [5.74, 6) is 1.07. The molecule has 9 nitrogen and oxygen atoms in total. The van der Waals surface area contributed by atoms with E-state index >= 15 is 0 Å². The van der Waals surface area contributed by atoms with Gasteiger partial charge >= 0.3 is 0 Å². The topological polar surface area (TPSA) is 89.9 Å². The Morgan fingerprint density at radius 1 is 1.08 bits per heavy atom. The number of ether oxygens (including phenoxy) is 4. The van der Waals surface area contributed by atoms with E-state index in [-0.39, 0.29) is 30.1 Å². The van der Waals surface area contributed by atoms with Crippen LogP contribution in [-0.2, 0) is 19.1 Å². The molecule has 2 amide bonds. The Bertz CT molecular complexity index is 1160. The van der Waals surface area contributed by atoms with Gasteiger partial charge in [-0.15, -0.1) is 0 Å². The number of nitrogens with zero attached hydrogens (tertiary/aromatic N) is 3. The van der Waals surface area contributed by atoms with Crippen molar-refractivity contribution in [3.63, 3.8) is 0 Å².